The molecule has 122 valence electrons. The number of hydrogen-bond acceptors (Lipinski definition) is 3. The van der Waals surface area contributed by atoms with Crippen molar-refractivity contribution in [2.24, 2.45) is 0 Å². The molecule has 1 atom stereocenters. The van der Waals surface area contributed by atoms with Crippen molar-refractivity contribution in [3.8, 4) is 11.1 Å². The Kier molecular flexibility index (Phi) is 4.56. The van der Waals surface area contributed by atoms with Gasteiger partial charge in [0.1, 0.15) is 6.04 Å². The first-order chi connectivity index (χ1) is 11.6. The molecule has 0 saturated carbocycles. The van der Waals surface area contributed by atoms with Crippen LogP contribution in [0, 0.1) is 0 Å². The van der Waals surface area contributed by atoms with Crippen LogP contribution in [0.2, 0.25) is 0 Å². The van der Waals surface area contributed by atoms with E-state index in [0.717, 1.165) is 11.1 Å². The molecule has 0 bridgehead atoms. The zero-order valence-corrected chi connectivity index (χ0v) is 12.9. The van der Waals surface area contributed by atoms with Gasteiger partial charge in [0.15, 0.2) is 0 Å². The van der Waals surface area contributed by atoms with Gasteiger partial charge < -0.3 is 10.6 Å². The van der Waals surface area contributed by atoms with Crippen LogP contribution >= 0.6 is 0 Å². The molecule has 1 aliphatic heterocycles. The van der Waals surface area contributed by atoms with Crippen LogP contribution in [0.25, 0.3) is 11.1 Å². The Hall–Kier alpha value is -3.15. The van der Waals surface area contributed by atoms with Gasteiger partial charge in [0.25, 0.3) is 11.8 Å². The molecule has 6 heteroatoms. The van der Waals surface area contributed by atoms with E-state index in [1.165, 1.54) is 0 Å². The molecule has 1 fully saturated rings. The molecule has 1 heterocycles. The van der Waals surface area contributed by atoms with E-state index in [4.69, 9.17) is 0 Å². The summed E-state index contributed by atoms with van der Waals surface area (Å²) in [4.78, 5) is 34.5. The summed E-state index contributed by atoms with van der Waals surface area (Å²) in [5.41, 5.74) is 2.68. The molecule has 24 heavy (non-hydrogen) atoms. The number of nitrogens with one attached hydrogen (secondary N) is 3. The second kappa shape index (κ2) is 6.95. The minimum atomic E-state index is -0.585. The number of carbonyl (C=O) groups excluding carboxylic acids is 3. The maximum Gasteiger partial charge on any atom is 0.322 e. The van der Waals surface area contributed by atoms with Gasteiger partial charge >= 0.3 is 6.03 Å². The van der Waals surface area contributed by atoms with Crippen LogP contribution in [0.4, 0.5) is 4.79 Å². The number of rotatable bonds is 5. The number of benzene rings is 2. The minimum absolute atomic E-state index is 0.209. The maximum absolute atomic E-state index is 12.1. The first-order valence-electron chi connectivity index (χ1n) is 7.68. The van der Waals surface area contributed by atoms with E-state index >= 15 is 0 Å². The molecule has 3 N–H and O–H groups in total. The van der Waals surface area contributed by atoms with E-state index in [1.54, 1.807) is 12.1 Å². The highest BCUT2D eigenvalue weighted by atomic mass is 16.2. The molecule has 1 saturated heterocycles. The lowest BCUT2D eigenvalue weighted by molar-refractivity contribution is -0.120. The van der Waals surface area contributed by atoms with E-state index in [1.807, 2.05) is 42.5 Å². The van der Waals surface area contributed by atoms with Gasteiger partial charge in [0.05, 0.1) is 0 Å². The van der Waals surface area contributed by atoms with E-state index in [2.05, 4.69) is 16.0 Å². The van der Waals surface area contributed by atoms with Crippen molar-refractivity contribution in [3.05, 3.63) is 60.2 Å². The van der Waals surface area contributed by atoms with Gasteiger partial charge in [0.2, 0.25) is 0 Å². The van der Waals surface area contributed by atoms with Gasteiger partial charge in [-0.15, -0.1) is 0 Å². The van der Waals surface area contributed by atoms with Crippen molar-refractivity contribution in [1.29, 1.82) is 0 Å². The molecule has 0 radical (unpaired) electrons. The summed E-state index contributed by atoms with van der Waals surface area (Å²) in [5, 5.41) is 7.40. The van der Waals surface area contributed by atoms with Crippen LogP contribution in [-0.2, 0) is 4.79 Å². The predicted octanol–water partition coefficient (Wildman–Crippen LogP) is 1.68. The highest BCUT2D eigenvalue weighted by Gasteiger charge is 2.28. The molecule has 1 unspecified atom stereocenters. The van der Waals surface area contributed by atoms with Gasteiger partial charge in [-0.1, -0.05) is 42.5 Å². The van der Waals surface area contributed by atoms with Gasteiger partial charge in [0, 0.05) is 12.1 Å². The SMILES string of the molecule is O=C1NC(=O)C(CCNC(=O)c2ccc(-c3ccccc3)cc2)N1. The van der Waals surface area contributed by atoms with Crippen molar-refractivity contribution in [2.45, 2.75) is 12.5 Å². The van der Waals surface area contributed by atoms with Crippen molar-refractivity contribution in [3.63, 3.8) is 0 Å². The summed E-state index contributed by atoms with van der Waals surface area (Å²) in [6, 6.07) is 16.2. The fraction of sp³-hybridized carbons (Fsp3) is 0.167. The largest absolute Gasteiger partial charge is 0.352 e. The van der Waals surface area contributed by atoms with Gasteiger partial charge in [-0.25, -0.2) is 4.79 Å². The molecular weight excluding hydrogens is 306 g/mol. The smallest absolute Gasteiger partial charge is 0.322 e. The Bertz CT molecular complexity index is 757. The predicted molar refractivity (Wildman–Crippen MR) is 89.3 cm³/mol. The van der Waals surface area contributed by atoms with Crippen LogP contribution in [0.5, 0.6) is 0 Å². The molecule has 2 aromatic carbocycles. The van der Waals surface area contributed by atoms with E-state index < -0.39 is 12.1 Å². The van der Waals surface area contributed by atoms with E-state index in [0.29, 0.717) is 18.5 Å². The Morgan fingerprint density at radius 3 is 2.25 bits per heavy atom. The third-order valence-electron chi connectivity index (χ3n) is 3.83. The van der Waals surface area contributed by atoms with E-state index in [-0.39, 0.29) is 11.8 Å². The summed E-state index contributed by atoms with van der Waals surface area (Å²) >= 11 is 0. The lowest BCUT2D eigenvalue weighted by Gasteiger charge is -2.09. The standard InChI is InChI=1S/C18H17N3O3/c22-16(19-11-10-15-17(23)21-18(24)20-15)14-8-6-13(7-9-14)12-4-2-1-3-5-12/h1-9,15H,10-11H2,(H,19,22)(H2,20,21,23,24). The number of imide groups is 1. The molecular formula is C18H17N3O3. The van der Waals surface area contributed by atoms with Crippen LogP contribution in [0.3, 0.4) is 0 Å². The first-order valence-corrected chi connectivity index (χ1v) is 7.68. The Morgan fingerprint density at radius 1 is 0.958 bits per heavy atom. The Balaban J connectivity index is 1.54. The monoisotopic (exact) mass is 323 g/mol. The Morgan fingerprint density at radius 2 is 1.62 bits per heavy atom. The number of hydrogen-bond donors (Lipinski definition) is 3. The molecule has 6 nitrogen and oxygen atoms in total. The molecule has 0 aromatic heterocycles. The number of carbonyl (C=O) groups is 3. The fourth-order valence-corrected chi connectivity index (χ4v) is 2.54. The molecule has 0 spiro atoms. The fourth-order valence-electron chi connectivity index (χ4n) is 2.54. The summed E-state index contributed by atoms with van der Waals surface area (Å²) in [7, 11) is 0. The van der Waals surface area contributed by atoms with Crippen molar-refractivity contribution in [2.75, 3.05) is 6.54 Å². The van der Waals surface area contributed by atoms with Crippen molar-refractivity contribution < 1.29 is 14.4 Å². The summed E-state index contributed by atoms with van der Waals surface area (Å²) in [6.45, 7) is 0.303. The van der Waals surface area contributed by atoms with Crippen LogP contribution in [-0.4, -0.2) is 30.4 Å². The average Bonchev–Trinajstić information content (AvgIpc) is 2.93. The zero-order valence-electron chi connectivity index (χ0n) is 12.9. The lowest BCUT2D eigenvalue weighted by atomic mass is 10.0. The molecule has 0 aliphatic carbocycles. The highest BCUT2D eigenvalue weighted by Crippen LogP contribution is 2.19. The van der Waals surface area contributed by atoms with Crippen molar-refractivity contribution >= 4 is 17.8 Å². The van der Waals surface area contributed by atoms with Gasteiger partial charge in [-0.2, -0.15) is 0 Å². The number of amides is 4. The van der Waals surface area contributed by atoms with Gasteiger partial charge in [-0.05, 0) is 29.7 Å². The third-order valence-corrected chi connectivity index (χ3v) is 3.83. The summed E-state index contributed by atoms with van der Waals surface area (Å²) in [6.07, 6.45) is 0.353. The average molecular weight is 323 g/mol. The maximum atomic E-state index is 12.1. The molecule has 4 amide bonds. The highest BCUT2D eigenvalue weighted by molar-refractivity contribution is 6.04. The topological polar surface area (TPSA) is 87.3 Å². The first kappa shape index (κ1) is 15.7. The normalized spacial score (nSPS) is 16.4. The number of urea groups is 1. The van der Waals surface area contributed by atoms with Crippen LogP contribution < -0.4 is 16.0 Å². The zero-order chi connectivity index (χ0) is 16.9. The minimum Gasteiger partial charge on any atom is -0.352 e. The van der Waals surface area contributed by atoms with Gasteiger partial charge in [-0.3, -0.25) is 14.9 Å². The third kappa shape index (κ3) is 3.60. The van der Waals surface area contributed by atoms with Crippen molar-refractivity contribution in [1.82, 2.24) is 16.0 Å². The lowest BCUT2D eigenvalue weighted by Crippen LogP contribution is -2.34. The molecule has 2 aromatic rings. The molecule has 1 aliphatic rings. The molecule has 3 rings (SSSR count). The van der Waals surface area contributed by atoms with E-state index in [9.17, 15) is 14.4 Å². The summed E-state index contributed by atoms with van der Waals surface area (Å²) < 4.78 is 0. The quantitative estimate of drug-likeness (QED) is 0.732. The Labute approximate surface area is 139 Å². The van der Waals surface area contributed by atoms with Crippen LogP contribution in [0.1, 0.15) is 16.8 Å². The second-order valence-electron chi connectivity index (χ2n) is 5.50. The summed E-state index contributed by atoms with van der Waals surface area (Å²) in [5.74, 6) is -0.569. The van der Waals surface area contributed by atoms with Crippen LogP contribution in [0.15, 0.2) is 54.6 Å². The second-order valence-corrected chi connectivity index (χ2v) is 5.50.